The molecule has 2 nitrogen and oxygen atoms in total. The molecule has 0 aliphatic carbocycles. The third-order valence-corrected chi connectivity index (χ3v) is 2.05. The maximum Gasteiger partial charge on any atom is 0.0386 e. The van der Waals surface area contributed by atoms with Crippen molar-refractivity contribution >= 4 is 11.4 Å². The molecule has 1 aromatic carbocycles. The van der Waals surface area contributed by atoms with Crippen LogP contribution < -0.4 is 10.6 Å². The smallest absolute Gasteiger partial charge is 0.0386 e. The van der Waals surface area contributed by atoms with Crippen molar-refractivity contribution in [1.82, 2.24) is 0 Å². The molecule has 0 unspecified atom stereocenters. The summed E-state index contributed by atoms with van der Waals surface area (Å²) in [6.45, 7) is 4.31. The Morgan fingerprint density at radius 2 is 2.00 bits per heavy atom. The molecule has 0 saturated carbocycles. The molecule has 0 radical (unpaired) electrons. The first-order valence-electron chi connectivity index (χ1n) is 4.19. The lowest BCUT2D eigenvalue weighted by Gasteiger charge is -2.23. The van der Waals surface area contributed by atoms with Crippen molar-refractivity contribution < 1.29 is 0 Å². The van der Waals surface area contributed by atoms with Gasteiger partial charge in [0.05, 0.1) is 0 Å². The minimum Gasteiger partial charge on any atom is -0.399 e. The van der Waals surface area contributed by atoms with Crippen molar-refractivity contribution in [3.05, 3.63) is 24.3 Å². The minimum atomic E-state index is 0.506. The minimum absolute atomic E-state index is 0.506. The standard InChI is InChI=1S/C10H16N2/c1-8(2)12(3)10-6-4-5-9(11)7-10/h4-8H,11H2,1-3H3. The first-order chi connectivity index (χ1) is 5.61. The summed E-state index contributed by atoms with van der Waals surface area (Å²) in [6.07, 6.45) is 0. The van der Waals surface area contributed by atoms with Crippen molar-refractivity contribution in [2.45, 2.75) is 19.9 Å². The van der Waals surface area contributed by atoms with Crippen LogP contribution in [0.2, 0.25) is 0 Å². The number of anilines is 2. The second-order valence-electron chi connectivity index (χ2n) is 3.30. The van der Waals surface area contributed by atoms with E-state index in [1.54, 1.807) is 0 Å². The quantitative estimate of drug-likeness (QED) is 0.678. The number of nitrogens with zero attached hydrogens (tertiary/aromatic N) is 1. The van der Waals surface area contributed by atoms with Crippen molar-refractivity contribution in [1.29, 1.82) is 0 Å². The highest BCUT2D eigenvalue weighted by molar-refractivity contribution is 5.55. The lowest BCUT2D eigenvalue weighted by atomic mass is 10.2. The Morgan fingerprint density at radius 3 is 2.50 bits per heavy atom. The molecule has 0 aromatic heterocycles. The molecule has 0 amide bonds. The van der Waals surface area contributed by atoms with Gasteiger partial charge in [-0.15, -0.1) is 0 Å². The molecule has 0 fully saturated rings. The molecule has 66 valence electrons. The zero-order chi connectivity index (χ0) is 9.14. The summed E-state index contributed by atoms with van der Waals surface area (Å²) in [5.74, 6) is 0. The number of hydrogen-bond donors (Lipinski definition) is 1. The van der Waals surface area contributed by atoms with Crippen LogP contribution in [0.5, 0.6) is 0 Å². The summed E-state index contributed by atoms with van der Waals surface area (Å²) in [5, 5.41) is 0. The van der Waals surface area contributed by atoms with Crippen LogP contribution in [0.3, 0.4) is 0 Å². The molecule has 0 bridgehead atoms. The van der Waals surface area contributed by atoms with E-state index in [2.05, 4.69) is 31.9 Å². The van der Waals surface area contributed by atoms with Gasteiger partial charge in [0.2, 0.25) is 0 Å². The highest BCUT2D eigenvalue weighted by atomic mass is 15.1. The molecule has 0 atom stereocenters. The zero-order valence-corrected chi connectivity index (χ0v) is 7.91. The van der Waals surface area contributed by atoms with Crippen LogP contribution in [0, 0.1) is 0 Å². The lowest BCUT2D eigenvalue weighted by molar-refractivity contribution is 0.755. The number of hydrogen-bond acceptors (Lipinski definition) is 2. The molecule has 0 saturated heterocycles. The highest BCUT2D eigenvalue weighted by Crippen LogP contribution is 2.17. The summed E-state index contributed by atoms with van der Waals surface area (Å²) < 4.78 is 0. The van der Waals surface area contributed by atoms with E-state index in [0.29, 0.717) is 6.04 Å². The molecule has 1 aromatic rings. The fourth-order valence-electron chi connectivity index (χ4n) is 1.04. The Bertz CT molecular complexity index is 256. The van der Waals surface area contributed by atoms with Gasteiger partial charge in [0, 0.05) is 24.5 Å². The van der Waals surface area contributed by atoms with Gasteiger partial charge in [-0.25, -0.2) is 0 Å². The largest absolute Gasteiger partial charge is 0.399 e. The Hall–Kier alpha value is -1.18. The van der Waals surface area contributed by atoms with Gasteiger partial charge in [-0.3, -0.25) is 0 Å². The third kappa shape index (κ3) is 1.91. The van der Waals surface area contributed by atoms with Crippen LogP contribution in [0.4, 0.5) is 11.4 Å². The first-order valence-corrected chi connectivity index (χ1v) is 4.19. The van der Waals surface area contributed by atoms with E-state index in [4.69, 9.17) is 5.73 Å². The van der Waals surface area contributed by atoms with Crippen LogP contribution in [-0.2, 0) is 0 Å². The molecule has 2 heteroatoms. The predicted molar refractivity (Wildman–Crippen MR) is 54.4 cm³/mol. The number of benzene rings is 1. The lowest BCUT2D eigenvalue weighted by Crippen LogP contribution is -2.25. The first kappa shape index (κ1) is 8.91. The van der Waals surface area contributed by atoms with Gasteiger partial charge in [-0.05, 0) is 32.0 Å². The van der Waals surface area contributed by atoms with E-state index in [1.807, 2.05) is 18.2 Å². The highest BCUT2D eigenvalue weighted by Gasteiger charge is 2.03. The summed E-state index contributed by atoms with van der Waals surface area (Å²) in [6, 6.07) is 8.43. The van der Waals surface area contributed by atoms with Crippen molar-refractivity contribution in [3.8, 4) is 0 Å². The van der Waals surface area contributed by atoms with Crippen LogP contribution in [0.1, 0.15) is 13.8 Å². The summed E-state index contributed by atoms with van der Waals surface area (Å²) in [7, 11) is 2.07. The molecule has 2 N–H and O–H groups in total. The van der Waals surface area contributed by atoms with Crippen LogP contribution in [0.15, 0.2) is 24.3 Å². The second kappa shape index (κ2) is 3.48. The van der Waals surface area contributed by atoms with Gasteiger partial charge in [0.15, 0.2) is 0 Å². The van der Waals surface area contributed by atoms with Gasteiger partial charge in [-0.2, -0.15) is 0 Å². The average Bonchev–Trinajstić information content (AvgIpc) is 2.03. The molecule has 1 rings (SSSR count). The van der Waals surface area contributed by atoms with Gasteiger partial charge < -0.3 is 10.6 Å². The fourth-order valence-corrected chi connectivity index (χ4v) is 1.04. The summed E-state index contributed by atoms with van der Waals surface area (Å²) in [4.78, 5) is 2.19. The summed E-state index contributed by atoms with van der Waals surface area (Å²) >= 11 is 0. The number of nitrogen functional groups attached to an aromatic ring is 1. The Balaban J connectivity index is 2.88. The van der Waals surface area contributed by atoms with E-state index in [1.165, 1.54) is 5.69 Å². The Morgan fingerprint density at radius 1 is 1.33 bits per heavy atom. The number of nitrogens with two attached hydrogens (primary N) is 1. The van der Waals surface area contributed by atoms with Crippen molar-refractivity contribution in [3.63, 3.8) is 0 Å². The third-order valence-electron chi connectivity index (χ3n) is 2.05. The molecule has 12 heavy (non-hydrogen) atoms. The molecular formula is C10H16N2. The molecule has 0 aliphatic heterocycles. The topological polar surface area (TPSA) is 29.3 Å². The Kier molecular flexibility index (Phi) is 2.58. The van der Waals surface area contributed by atoms with E-state index in [9.17, 15) is 0 Å². The zero-order valence-electron chi connectivity index (χ0n) is 7.91. The summed E-state index contributed by atoms with van der Waals surface area (Å²) in [5.41, 5.74) is 7.66. The van der Waals surface area contributed by atoms with Crippen LogP contribution in [-0.4, -0.2) is 13.1 Å². The van der Waals surface area contributed by atoms with E-state index >= 15 is 0 Å². The van der Waals surface area contributed by atoms with Crippen LogP contribution in [0.25, 0.3) is 0 Å². The van der Waals surface area contributed by atoms with E-state index in [0.717, 1.165) is 5.69 Å². The second-order valence-corrected chi connectivity index (χ2v) is 3.30. The van der Waals surface area contributed by atoms with Crippen molar-refractivity contribution in [2.24, 2.45) is 0 Å². The maximum absolute atomic E-state index is 5.67. The molecule has 0 heterocycles. The van der Waals surface area contributed by atoms with Gasteiger partial charge >= 0.3 is 0 Å². The maximum atomic E-state index is 5.67. The van der Waals surface area contributed by atoms with Gasteiger partial charge in [-0.1, -0.05) is 6.07 Å². The van der Waals surface area contributed by atoms with E-state index < -0.39 is 0 Å². The molecule has 0 aliphatic rings. The number of rotatable bonds is 2. The van der Waals surface area contributed by atoms with Crippen molar-refractivity contribution in [2.75, 3.05) is 17.7 Å². The Labute approximate surface area is 74.0 Å². The monoisotopic (exact) mass is 164 g/mol. The molecule has 0 spiro atoms. The normalized spacial score (nSPS) is 10.3. The molecular weight excluding hydrogens is 148 g/mol. The van der Waals surface area contributed by atoms with E-state index in [-0.39, 0.29) is 0 Å². The fraction of sp³-hybridized carbons (Fsp3) is 0.400. The van der Waals surface area contributed by atoms with Gasteiger partial charge in [0.25, 0.3) is 0 Å². The van der Waals surface area contributed by atoms with Gasteiger partial charge in [0.1, 0.15) is 0 Å². The average molecular weight is 164 g/mol. The predicted octanol–water partition coefficient (Wildman–Crippen LogP) is 2.11. The van der Waals surface area contributed by atoms with Crippen LogP contribution >= 0.6 is 0 Å². The SMILES string of the molecule is CC(C)N(C)c1cccc(N)c1.